The van der Waals surface area contributed by atoms with Gasteiger partial charge in [-0.25, -0.2) is 0 Å². The zero-order valence-corrected chi connectivity index (χ0v) is 25.3. The van der Waals surface area contributed by atoms with Gasteiger partial charge < -0.3 is 24.4 Å². The number of rotatable bonds is 7. The van der Waals surface area contributed by atoms with Crippen LogP contribution in [0.4, 0.5) is 11.4 Å². The topological polar surface area (TPSA) is 45.6 Å². The number of benzene rings is 2. The van der Waals surface area contributed by atoms with Gasteiger partial charge in [-0.3, -0.25) is 4.98 Å². The van der Waals surface area contributed by atoms with Crippen molar-refractivity contribution in [3.8, 4) is 11.4 Å². The molecule has 41 heavy (non-hydrogen) atoms. The molecule has 2 saturated heterocycles. The number of ether oxygens (including phenoxy) is 1. The van der Waals surface area contributed by atoms with E-state index in [1.54, 1.807) is 0 Å². The Hall–Kier alpha value is -3.55. The maximum absolute atomic E-state index is 7.02. The highest BCUT2D eigenvalue weighted by atomic mass is 35.5. The molecule has 2 fully saturated rings. The highest BCUT2D eigenvalue weighted by Crippen LogP contribution is 2.44. The second kappa shape index (κ2) is 11.7. The molecule has 2 aliphatic rings. The molecule has 4 atom stereocenters. The van der Waals surface area contributed by atoms with Crippen molar-refractivity contribution in [3.05, 3.63) is 102 Å². The van der Waals surface area contributed by atoms with Crippen LogP contribution in [0.25, 0.3) is 5.69 Å². The summed E-state index contributed by atoms with van der Waals surface area (Å²) in [7, 11) is 0. The van der Waals surface area contributed by atoms with Gasteiger partial charge in [-0.15, -0.1) is 0 Å². The van der Waals surface area contributed by atoms with Gasteiger partial charge in [0.25, 0.3) is 0 Å². The standard InChI is InChI=1S/C33H36ClN5OS/c1-4-40-26-13-10-24(11-14-26)38-17-7-9-30(38)32-31(28-8-5-6-16-35-28)36-33(41)39(32)25-12-15-29(27(34)19-25)37-20-22(2)18-23(3)21-37/h5-17,19,22-23,31-32H,4,18,20-21H2,1-3H3,(H,36,41)/t22-,23-,31-,32+/m0/s1. The van der Waals surface area contributed by atoms with Crippen molar-refractivity contribution >= 4 is 40.3 Å². The Morgan fingerprint density at radius 1 is 0.976 bits per heavy atom. The molecule has 0 spiro atoms. The van der Waals surface area contributed by atoms with Crippen LogP contribution in [0.2, 0.25) is 5.02 Å². The highest BCUT2D eigenvalue weighted by Gasteiger charge is 2.42. The Bertz CT molecular complexity index is 1500. The molecule has 0 unspecified atom stereocenters. The number of hydrogen-bond donors (Lipinski definition) is 1. The second-order valence-electron chi connectivity index (χ2n) is 11.2. The van der Waals surface area contributed by atoms with Crippen molar-refractivity contribution in [1.29, 1.82) is 0 Å². The van der Waals surface area contributed by atoms with E-state index in [-0.39, 0.29) is 12.1 Å². The lowest BCUT2D eigenvalue weighted by atomic mass is 9.91. The molecule has 4 aromatic rings. The van der Waals surface area contributed by atoms with E-state index in [9.17, 15) is 0 Å². The monoisotopic (exact) mass is 585 g/mol. The summed E-state index contributed by atoms with van der Waals surface area (Å²) in [6.45, 7) is 9.31. The third-order valence-electron chi connectivity index (χ3n) is 8.03. The van der Waals surface area contributed by atoms with Crippen LogP contribution in [0, 0.1) is 11.8 Å². The maximum atomic E-state index is 7.02. The molecule has 1 N–H and O–H groups in total. The molecule has 8 heteroatoms. The van der Waals surface area contributed by atoms with Crippen LogP contribution in [0.3, 0.4) is 0 Å². The van der Waals surface area contributed by atoms with Gasteiger partial charge in [-0.05, 0) is 104 Å². The molecule has 0 bridgehead atoms. The van der Waals surface area contributed by atoms with Crippen LogP contribution >= 0.6 is 23.8 Å². The van der Waals surface area contributed by atoms with Crippen molar-refractivity contribution in [3.63, 3.8) is 0 Å². The molecular weight excluding hydrogens is 550 g/mol. The van der Waals surface area contributed by atoms with E-state index in [1.807, 2.05) is 37.4 Å². The molecule has 2 aromatic carbocycles. The average Bonchev–Trinajstić information content (AvgIpc) is 3.58. The van der Waals surface area contributed by atoms with Crippen molar-refractivity contribution in [2.45, 2.75) is 39.3 Å². The number of anilines is 2. The van der Waals surface area contributed by atoms with Gasteiger partial charge in [-0.2, -0.15) is 0 Å². The number of nitrogens with one attached hydrogen (secondary N) is 1. The SMILES string of the molecule is CCOc1ccc(-n2cccc2[C@@H]2[C@H](c3ccccn3)NC(=S)N2c2ccc(N3C[C@@H](C)C[C@H](C)C3)c(Cl)c2)cc1. The van der Waals surface area contributed by atoms with E-state index in [0.717, 1.165) is 52.3 Å². The van der Waals surface area contributed by atoms with Gasteiger partial charge in [0, 0.05) is 42.6 Å². The van der Waals surface area contributed by atoms with E-state index in [1.165, 1.54) is 6.42 Å². The number of piperidine rings is 1. The highest BCUT2D eigenvalue weighted by molar-refractivity contribution is 7.80. The van der Waals surface area contributed by atoms with Crippen molar-refractivity contribution in [2.24, 2.45) is 11.8 Å². The van der Waals surface area contributed by atoms with Gasteiger partial charge in [-0.1, -0.05) is 31.5 Å². The summed E-state index contributed by atoms with van der Waals surface area (Å²) >= 11 is 13.0. The van der Waals surface area contributed by atoms with E-state index in [4.69, 9.17) is 33.5 Å². The zero-order chi connectivity index (χ0) is 28.5. The Morgan fingerprint density at radius 3 is 2.41 bits per heavy atom. The summed E-state index contributed by atoms with van der Waals surface area (Å²) in [6, 6.07) is 24.5. The van der Waals surface area contributed by atoms with Crippen LogP contribution in [-0.2, 0) is 0 Å². The van der Waals surface area contributed by atoms with E-state index in [2.05, 4.69) is 88.3 Å². The first kappa shape index (κ1) is 27.6. The lowest BCUT2D eigenvalue weighted by molar-refractivity contribution is 0.340. The van der Waals surface area contributed by atoms with Crippen LogP contribution in [0.1, 0.15) is 50.7 Å². The number of aromatic nitrogens is 2. The maximum Gasteiger partial charge on any atom is 0.174 e. The number of thiocarbonyl (C=S) groups is 1. The predicted molar refractivity (Wildman–Crippen MR) is 171 cm³/mol. The Kier molecular flexibility index (Phi) is 7.91. The third-order valence-corrected chi connectivity index (χ3v) is 8.64. The number of hydrogen-bond acceptors (Lipinski definition) is 4. The molecule has 2 aromatic heterocycles. The van der Waals surface area contributed by atoms with Gasteiger partial charge in [0.05, 0.1) is 29.1 Å². The molecule has 6 nitrogen and oxygen atoms in total. The van der Waals surface area contributed by atoms with Crippen LogP contribution < -0.4 is 19.9 Å². The fourth-order valence-corrected chi connectivity index (χ4v) is 7.08. The number of nitrogens with zero attached hydrogens (tertiary/aromatic N) is 4. The molecule has 6 rings (SSSR count). The summed E-state index contributed by atoms with van der Waals surface area (Å²) < 4.78 is 7.89. The second-order valence-corrected chi connectivity index (χ2v) is 12.0. The molecule has 0 saturated carbocycles. The fourth-order valence-electron chi connectivity index (χ4n) is 6.44. The van der Waals surface area contributed by atoms with Crippen molar-refractivity contribution in [1.82, 2.24) is 14.9 Å². The molecule has 0 amide bonds. The Morgan fingerprint density at radius 2 is 1.73 bits per heavy atom. The first-order valence-electron chi connectivity index (χ1n) is 14.4. The van der Waals surface area contributed by atoms with E-state index >= 15 is 0 Å². The normalized spacial score (nSPS) is 22.6. The lowest BCUT2D eigenvalue weighted by Gasteiger charge is -2.37. The molecule has 0 aliphatic carbocycles. The molecule has 4 heterocycles. The van der Waals surface area contributed by atoms with Crippen LogP contribution in [-0.4, -0.2) is 34.4 Å². The Labute approximate surface area is 252 Å². The van der Waals surface area contributed by atoms with Gasteiger partial charge >= 0.3 is 0 Å². The first-order chi connectivity index (χ1) is 19.9. The smallest absolute Gasteiger partial charge is 0.174 e. The predicted octanol–water partition coefficient (Wildman–Crippen LogP) is 7.58. The zero-order valence-electron chi connectivity index (χ0n) is 23.7. The molecular formula is C33H36ClN5OS. The minimum atomic E-state index is -0.157. The molecule has 0 radical (unpaired) electrons. The summed E-state index contributed by atoms with van der Waals surface area (Å²) in [5.41, 5.74) is 5.12. The Balaban J connectivity index is 1.40. The molecule has 2 aliphatic heterocycles. The lowest BCUT2D eigenvalue weighted by Crippen LogP contribution is -2.38. The van der Waals surface area contributed by atoms with E-state index in [0.29, 0.717) is 23.6 Å². The fraction of sp³-hybridized carbons (Fsp3) is 0.333. The number of pyridine rings is 1. The van der Waals surface area contributed by atoms with E-state index < -0.39 is 0 Å². The quantitative estimate of drug-likeness (QED) is 0.226. The largest absolute Gasteiger partial charge is 0.494 e. The minimum absolute atomic E-state index is 0.151. The third kappa shape index (κ3) is 5.53. The summed E-state index contributed by atoms with van der Waals surface area (Å²) in [5, 5.41) is 4.97. The number of halogens is 1. The van der Waals surface area contributed by atoms with Gasteiger partial charge in [0.2, 0.25) is 0 Å². The summed E-state index contributed by atoms with van der Waals surface area (Å²) in [4.78, 5) is 9.33. The average molecular weight is 586 g/mol. The van der Waals surface area contributed by atoms with Crippen molar-refractivity contribution < 1.29 is 4.74 Å². The van der Waals surface area contributed by atoms with Gasteiger partial charge in [0.15, 0.2) is 5.11 Å². The van der Waals surface area contributed by atoms with Crippen LogP contribution in [0.15, 0.2) is 85.2 Å². The minimum Gasteiger partial charge on any atom is -0.494 e. The van der Waals surface area contributed by atoms with Crippen molar-refractivity contribution in [2.75, 3.05) is 29.5 Å². The molecule has 212 valence electrons. The van der Waals surface area contributed by atoms with Crippen LogP contribution in [0.5, 0.6) is 5.75 Å². The summed E-state index contributed by atoms with van der Waals surface area (Å²) in [6.07, 6.45) is 5.18. The summed E-state index contributed by atoms with van der Waals surface area (Å²) in [5.74, 6) is 2.14. The first-order valence-corrected chi connectivity index (χ1v) is 15.2. The van der Waals surface area contributed by atoms with Gasteiger partial charge in [0.1, 0.15) is 11.8 Å².